The molecule has 0 bridgehead atoms. The third-order valence-electron chi connectivity index (χ3n) is 3.64. The van der Waals surface area contributed by atoms with Crippen molar-refractivity contribution in [3.63, 3.8) is 0 Å². The van der Waals surface area contributed by atoms with E-state index in [2.05, 4.69) is 20.0 Å². The van der Waals surface area contributed by atoms with Crippen molar-refractivity contribution in [2.24, 2.45) is 4.99 Å². The van der Waals surface area contributed by atoms with Crippen molar-refractivity contribution >= 4 is 29.0 Å². The fourth-order valence-corrected chi connectivity index (χ4v) is 3.13. The minimum absolute atomic E-state index is 0.0602. The molecule has 27 heavy (non-hydrogen) atoms. The first-order chi connectivity index (χ1) is 13.0. The van der Waals surface area contributed by atoms with Crippen molar-refractivity contribution in [3.8, 4) is 0 Å². The van der Waals surface area contributed by atoms with Crippen molar-refractivity contribution < 1.29 is 18.3 Å². The van der Waals surface area contributed by atoms with Crippen LogP contribution in [0.15, 0.2) is 40.1 Å². The maximum atomic E-state index is 12.2. The Hall–Kier alpha value is -2.82. The zero-order chi connectivity index (χ0) is 19.8. The Labute approximate surface area is 159 Å². The van der Waals surface area contributed by atoms with E-state index in [1.807, 2.05) is 17.6 Å². The molecule has 0 saturated heterocycles. The Morgan fingerprint density at radius 1 is 1.56 bits per heavy atom. The molecule has 1 amide bonds. The van der Waals surface area contributed by atoms with E-state index >= 15 is 0 Å². The van der Waals surface area contributed by atoms with Gasteiger partial charge in [0.1, 0.15) is 0 Å². The van der Waals surface area contributed by atoms with Gasteiger partial charge in [-0.25, -0.2) is 9.78 Å². The molecule has 0 aliphatic carbocycles. The van der Waals surface area contributed by atoms with E-state index < -0.39 is 12.6 Å². The van der Waals surface area contributed by atoms with Crippen LogP contribution in [-0.2, 0) is 4.74 Å². The lowest BCUT2D eigenvalue weighted by molar-refractivity contribution is 0.125. The van der Waals surface area contributed by atoms with Gasteiger partial charge in [0.2, 0.25) is 0 Å². The van der Waals surface area contributed by atoms with E-state index in [9.17, 15) is 13.6 Å². The predicted molar refractivity (Wildman–Crippen MR) is 99.1 cm³/mol. The number of aromatic nitrogens is 1. The number of alkyl carbamates (subject to hydrolysis) is 1. The first kappa shape index (κ1) is 20.5. The van der Waals surface area contributed by atoms with Gasteiger partial charge < -0.3 is 25.7 Å². The number of methoxy groups -OCH3 is 1. The van der Waals surface area contributed by atoms with Crippen LogP contribution in [0.3, 0.4) is 0 Å². The maximum Gasteiger partial charge on any atom is 0.408 e. The highest BCUT2D eigenvalue weighted by Gasteiger charge is 2.27. The van der Waals surface area contributed by atoms with Gasteiger partial charge in [-0.05, 0) is 12.5 Å². The molecule has 1 aliphatic rings. The zero-order valence-corrected chi connectivity index (χ0v) is 15.6. The Balaban J connectivity index is 2.31. The highest BCUT2D eigenvalue weighted by molar-refractivity contribution is 7.11. The fraction of sp³-hybridized carbons (Fsp3) is 0.375. The molecule has 0 unspecified atom stereocenters. The molecule has 0 fully saturated rings. The summed E-state index contributed by atoms with van der Waals surface area (Å²) in [7, 11) is 1.26. The number of hydrogen-bond acceptors (Lipinski definition) is 8. The fourth-order valence-electron chi connectivity index (χ4n) is 2.47. The SMILES string of the molecule is CCC1=C(C(=N)/C=C\NC(F)F)CN=C(c2nccs2)N1CNC(=O)OC. The molecule has 3 N–H and O–H groups in total. The van der Waals surface area contributed by atoms with Gasteiger partial charge in [-0.15, -0.1) is 11.3 Å². The number of hydrogen-bond donors (Lipinski definition) is 3. The Kier molecular flexibility index (Phi) is 7.41. The normalized spacial score (nSPS) is 14.6. The summed E-state index contributed by atoms with van der Waals surface area (Å²) in [5, 5.41) is 15.1. The van der Waals surface area contributed by atoms with Crippen LogP contribution in [0.5, 0.6) is 0 Å². The molecule has 11 heteroatoms. The largest absolute Gasteiger partial charge is 0.453 e. The summed E-state index contributed by atoms with van der Waals surface area (Å²) >= 11 is 1.40. The maximum absolute atomic E-state index is 12.2. The van der Waals surface area contributed by atoms with E-state index in [0.717, 1.165) is 11.9 Å². The topological polar surface area (TPSA) is 103 Å². The van der Waals surface area contributed by atoms with E-state index in [1.54, 1.807) is 11.1 Å². The Morgan fingerprint density at radius 3 is 2.93 bits per heavy atom. The number of aliphatic imine (C=N–C) groups is 1. The average molecular weight is 398 g/mol. The number of allylic oxidation sites excluding steroid dienone is 2. The van der Waals surface area contributed by atoms with Gasteiger partial charge >= 0.3 is 12.6 Å². The highest BCUT2D eigenvalue weighted by Crippen LogP contribution is 2.24. The molecular weight excluding hydrogens is 378 g/mol. The van der Waals surface area contributed by atoms with Crippen molar-refractivity contribution in [2.75, 3.05) is 20.3 Å². The van der Waals surface area contributed by atoms with Crippen LogP contribution in [0.4, 0.5) is 13.6 Å². The van der Waals surface area contributed by atoms with Crippen LogP contribution in [0.1, 0.15) is 18.4 Å². The number of ether oxygens (including phenoxy) is 1. The Morgan fingerprint density at radius 2 is 2.33 bits per heavy atom. The van der Waals surface area contributed by atoms with Crippen LogP contribution >= 0.6 is 11.3 Å². The monoisotopic (exact) mass is 398 g/mol. The molecule has 2 heterocycles. The van der Waals surface area contributed by atoms with Crippen LogP contribution in [0.2, 0.25) is 0 Å². The Bertz CT molecular complexity index is 761. The summed E-state index contributed by atoms with van der Waals surface area (Å²) in [6, 6.07) is 0. The van der Waals surface area contributed by atoms with Crippen molar-refractivity contribution in [3.05, 3.63) is 40.1 Å². The summed E-state index contributed by atoms with van der Waals surface area (Å²) in [4.78, 5) is 22.0. The quantitative estimate of drug-likeness (QED) is 0.461. The highest BCUT2D eigenvalue weighted by atomic mass is 32.1. The molecule has 0 atom stereocenters. The minimum atomic E-state index is -2.70. The van der Waals surface area contributed by atoms with E-state index in [1.165, 1.54) is 24.5 Å². The van der Waals surface area contributed by atoms with Gasteiger partial charge in [-0.1, -0.05) is 6.92 Å². The number of amides is 1. The number of amidine groups is 1. The number of halogens is 2. The second-order valence-electron chi connectivity index (χ2n) is 5.22. The summed E-state index contributed by atoms with van der Waals surface area (Å²) in [5.74, 6) is 0.574. The number of carbonyl (C=O) groups is 1. The molecular formula is C16H20F2N6O2S. The molecule has 1 aliphatic heterocycles. The van der Waals surface area contributed by atoms with Crippen LogP contribution in [0.25, 0.3) is 0 Å². The third-order valence-corrected chi connectivity index (χ3v) is 4.41. The number of rotatable bonds is 8. The van der Waals surface area contributed by atoms with Crippen molar-refractivity contribution in [1.29, 1.82) is 5.41 Å². The summed E-state index contributed by atoms with van der Waals surface area (Å²) in [6.07, 6.45) is 3.88. The van der Waals surface area contributed by atoms with Crippen molar-refractivity contribution in [1.82, 2.24) is 20.5 Å². The molecule has 0 radical (unpaired) electrons. The minimum Gasteiger partial charge on any atom is -0.453 e. The third kappa shape index (κ3) is 5.33. The van der Waals surface area contributed by atoms with Crippen LogP contribution in [-0.4, -0.2) is 54.4 Å². The standard InChI is InChI=1S/C16H20F2N6O2S/c1-3-12-10(11(19)4-5-21-15(17)18)8-22-13(14-20-6-7-27-14)24(12)9-23-16(25)26-2/h4-7,15,19,21H,3,8-9H2,1-2H3,(H,23,25)/b5-4-,19-11?. The number of nitrogens with zero attached hydrogens (tertiary/aromatic N) is 3. The zero-order valence-electron chi connectivity index (χ0n) is 14.8. The summed E-state index contributed by atoms with van der Waals surface area (Å²) < 4.78 is 29.0. The van der Waals surface area contributed by atoms with E-state index in [-0.39, 0.29) is 18.9 Å². The molecule has 0 aromatic carbocycles. The van der Waals surface area contributed by atoms with Gasteiger partial charge in [0.15, 0.2) is 10.8 Å². The second kappa shape index (κ2) is 9.76. The molecule has 8 nitrogen and oxygen atoms in total. The summed E-state index contributed by atoms with van der Waals surface area (Å²) in [6.45, 7) is -0.510. The number of nitrogens with one attached hydrogen (secondary N) is 3. The summed E-state index contributed by atoms with van der Waals surface area (Å²) in [5.41, 5.74) is 1.39. The predicted octanol–water partition coefficient (Wildman–Crippen LogP) is 2.53. The van der Waals surface area contributed by atoms with E-state index in [4.69, 9.17) is 5.41 Å². The second-order valence-corrected chi connectivity index (χ2v) is 6.12. The smallest absolute Gasteiger partial charge is 0.408 e. The molecule has 2 rings (SSSR count). The molecule has 0 saturated carbocycles. The lowest BCUT2D eigenvalue weighted by Gasteiger charge is -2.32. The molecule has 0 spiro atoms. The van der Waals surface area contributed by atoms with Gasteiger partial charge in [0, 0.05) is 29.0 Å². The lowest BCUT2D eigenvalue weighted by atomic mass is 10.0. The average Bonchev–Trinajstić information content (AvgIpc) is 3.19. The first-order valence-electron chi connectivity index (χ1n) is 8.03. The first-order valence-corrected chi connectivity index (χ1v) is 8.91. The van der Waals surface area contributed by atoms with Crippen LogP contribution < -0.4 is 10.6 Å². The van der Waals surface area contributed by atoms with Gasteiger partial charge in [-0.2, -0.15) is 8.78 Å². The lowest BCUT2D eigenvalue weighted by Crippen LogP contribution is -2.44. The molecule has 1 aromatic rings. The van der Waals surface area contributed by atoms with Crippen LogP contribution in [0, 0.1) is 5.41 Å². The molecule has 1 aromatic heterocycles. The van der Waals surface area contributed by atoms with Gasteiger partial charge in [-0.3, -0.25) is 4.99 Å². The number of carbonyl (C=O) groups excluding carboxylic acids is 1. The van der Waals surface area contributed by atoms with E-state index in [0.29, 0.717) is 22.8 Å². The number of alkyl halides is 2. The van der Waals surface area contributed by atoms with Gasteiger partial charge in [0.05, 0.1) is 26.0 Å². The molecule has 146 valence electrons. The number of thiazole rings is 1. The van der Waals surface area contributed by atoms with Crippen molar-refractivity contribution in [2.45, 2.75) is 19.9 Å². The van der Waals surface area contributed by atoms with Gasteiger partial charge in [0.25, 0.3) is 0 Å².